The van der Waals surface area contributed by atoms with Gasteiger partial charge in [-0.25, -0.2) is 8.78 Å². The molecule has 0 saturated carbocycles. The molecule has 1 heterocycles. The van der Waals surface area contributed by atoms with Gasteiger partial charge in [0, 0.05) is 37.4 Å². The summed E-state index contributed by atoms with van der Waals surface area (Å²) in [5.41, 5.74) is 2.28. The lowest BCUT2D eigenvalue weighted by Gasteiger charge is -2.35. The molecule has 1 unspecified atom stereocenters. The second-order valence-electron chi connectivity index (χ2n) is 12.6. The smallest absolute Gasteiger partial charge is 0.308 e. The van der Waals surface area contributed by atoms with E-state index in [0.717, 1.165) is 5.56 Å². The number of pyridine rings is 1. The van der Waals surface area contributed by atoms with Crippen molar-refractivity contribution in [1.82, 2.24) is 25.4 Å². The predicted molar refractivity (Wildman–Crippen MR) is 191 cm³/mol. The Labute approximate surface area is 299 Å². The van der Waals surface area contributed by atoms with E-state index in [1.54, 1.807) is 36.5 Å². The molecule has 0 saturated heterocycles. The molecular formula is C39H49F2N5O5. The van der Waals surface area contributed by atoms with Crippen LogP contribution in [0.2, 0.25) is 0 Å². The third-order valence-corrected chi connectivity index (χ3v) is 8.44. The number of carbonyl (C=O) groups is 4. The van der Waals surface area contributed by atoms with Crippen molar-refractivity contribution in [2.24, 2.45) is 5.92 Å². The minimum absolute atomic E-state index is 0.0138. The highest BCUT2D eigenvalue weighted by atomic mass is 19.1. The summed E-state index contributed by atoms with van der Waals surface area (Å²) in [5.74, 6) is -2.79. The van der Waals surface area contributed by atoms with Crippen molar-refractivity contribution in [1.29, 1.82) is 0 Å². The van der Waals surface area contributed by atoms with Crippen LogP contribution in [0.25, 0.3) is 0 Å². The highest BCUT2D eigenvalue weighted by Crippen LogP contribution is 2.15. The number of benzene rings is 2. The Kier molecular flexibility index (Phi) is 16.9. The zero-order chi connectivity index (χ0) is 37.2. The maximum atomic E-state index is 14.6. The van der Waals surface area contributed by atoms with Gasteiger partial charge in [-0.2, -0.15) is 0 Å². The molecule has 0 spiro atoms. The lowest BCUT2D eigenvalue weighted by atomic mass is 10.1. The van der Waals surface area contributed by atoms with E-state index in [-0.39, 0.29) is 62.9 Å². The molecule has 0 bridgehead atoms. The molecule has 3 rings (SSSR count). The van der Waals surface area contributed by atoms with E-state index in [4.69, 9.17) is 4.74 Å². The maximum absolute atomic E-state index is 14.6. The topological polar surface area (TPSA) is 121 Å². The van der Waals surface area contributed by atoms with Crippen LogP contribution in [-0.2, 0) is 43.2 Å². The summed E-state index contributed by atoms with van der Waals surface area (Å²) in [5, 5.41) is 6.03. The normalized spacial score (nSPS) is 12.1. The van der Waals surface area contributed by atoms with Crippen molar-refractivity contribution >= 4 is 23.7 Å². The molecule has 0 fully saturated rings. The third kappa shape index (κ3) is 14.4. The largest absolute Gasteiger partial charge is 0.461 e. The molecule has 2 N–H and O–H groups in total. The molecule has 12 heteroatoms. The van der Waals surface area contributed by atoms with Gasteiger partial charge < -0.3 is 25.2 Å². The number of esters is 1. The molecule has 274 valence electrons. The van der Waals surface area contributed by atoms with Crippen LogP contribution in [0.3, 0.4) is 0 Å². The Balaban J connectivity index is 1.92. The van der Waals surface area contributed by atoms with Crippen molar-refractivity contribution in [3.8, 4) is 0 Å². The van der Waals surface area contributed by atoms with Gasteiger partial charge in [-0.05, 0) is 79.8 Å². The molecule has 0 aliphatic carbocycles. The summed E-state index contributed by atoms with van der Waals surface area (Å²) in [4.78, 5) is 61.9. The molecule has 0 aliphatic heterocycles. The Hall–Kier alpha value is -4.97. The van der Waals surface area contributed by atoms with E-state index in [9.17, 15) is 28.0 Å². The van der Waals surface area contributed by atoms with E-state index in [2.05, 4.69) is 22.2 Å². The van der Waals surface area contributed by atoms with Crippen LogP contribution in [0.1, 0.15) is 44.0 Å². The Bertz CT molecular complexity index is 1550. The number of ether oxygens (including phenoxy) is 1. The molecule has 3 aromatic rings. The van der Waals surface area contributed by atoms with E-state index in [0.29, 0.717) is 30.6 Å². The summed E-state index contributed by atoms with van der Waals surface area (Å²) in [7, 11) is 0. The molecule has 0 radical (unpaired) electrons. The monoisotopic (exact) mass is 705 g/mol. The summed E-state index contributed by atoms with van der Waals surface area (Å²) in [6.45, 7) is 9.31. The minimum Gasteiger partial charge on any atom is -0.461 e. The summed E-state index contributed by atoms with van der Waals surface area (Å²) in [6, 6.07) is 15.8. The second kappa shape index (κ2) is 21.3. The molecular weight excluding hydrogens is 656 g/mol. The first-order valence-electron chi connectivity index (χ1n) is 17.2. The highest BCUT2D eigenvalue weighted by molar-refractivity contribution is 5.93. The first-order valence-corrected chi connectivity index (χ1v) is 17.2. The van der Waals surface area contributed by atoms with Gasteiger partial charge in [0.15, 0.2) is 0 Å². The highest BCUT2D eigenvalue weighted by Gasteiger charge is 2.36. The van der Waals surface area contributed by atoms with Crippen molar-refractivity contribution in [2.45, 2.75) is 58.5 Å². The number of hydrogen-bond acceptors (Lipinski definition) is 7. The molecule has 2 atom stereocenters. The van der Waals surface area contributed by atoms with Crippen LogP contribution in [0.5, 0.6) is 0 Å². The number of nitrogens with one attached hydrogen (secondary N) is 2. The first kappa shape index (κ1) is 40.5. The van der Waals surface area contributed by atoms with Crippen LogP contribution < -0.4 is 10.6 Å². The van der Waals surface area contributed by atoms with Crippen molar-refractivity contribution < 1.29 is 32.7 Å². The minimum atomic E-state index is -1.33. The molecule has 1 aromatic heterocycles. The zero-order valence-corrected chi connectivity index (χ0v) is 29.7. The summed E-state index contributed by atoms with van der Waals surface area (Å²) in [6.07, 6.45) is 3.66. The second-order valence-corrected chi connectivity index (χ2v) is 12.6. The maximum Gasteiger partial charge on any atom is 0.308 e. The van der Waals surface area contributed by atoms with Gasteiger partial charge >= 0.3 is 5.97 Å². The Morgan fingerprint density at radius 1 is 0.882 bits per heavy atom. The number of rotatable bonds is 21. The third-order valence-electron chi connectivity index (χ3n) is 8.44. The van der Waals surface area contributed by atoms with Crippen LogP contribution in [0, 0.1) is 17.6 Å². The zero-order valence-electron chi connectivity index (χ0n) is 29.7. The number of halogens is 2. The van der Waals surface area contributed by atoms with Gasteiger partial charge in [-0.3, -0.25) is 24.2 Å². The van der Waals surface area contributed by atoms with Gasteiger partial charge in [0.2, 0.25) is 17.7 Å². The number of hydrogen-bond donors (Lipinski definition) is 2. The predicted octanol–water partition coefficient (Wildman–Crippen LogP) is 4.28. The standard InChI is InChI=1S/C39H49F2N5O5/c1-5-24-51-38(49)25-35(39(50)45(22-19-34-8-6-7-20-43-34)27-36(47)44-29(4)28(2)3)46(23-18-31-11-15-33(41)16-12-31)37(48)26-42-21-17-30-9-13-32(40)14-10-30/h5-16,20,28-29,35,42H,1,17-19,21-27H2,2-4H3,(H,44,47)/t29-,35?/m0/s1. The molecule has 2 aromatic carbocycles. The average molecular weight is 706 g/mol. The fourth-order valence-electron chi connectivity index (χ4n) is 5.15. The van der Waals surface area contributed by atoms with Gasteiger partial charge in [0.1, 0.15) is 24.3 Å². The summed E-state index contributed by atoms with van der Waals surface area (Å²) < 4.78 is 32.3. The quantitative estimate of drug-likeness (QED) is 0.0965. The van der Waals surface area contributed by atoms with E-state index < -0.39 is 36.1 Å². The van der Waals surface area contributed by atoms with Gasteiger partial charge in [-0.15, -0.1) is 0 Å². The van der Waals surface area contributed by atoms with E-state index in [1.807, 2.05) is 32.9 Å². The van der Waals surface area contributed by atoms with Crippen LogP contribution in [0.15, 0.2) is 85.6 Å². The SMILES string of the molecule is C=CCOC(=O)CC(C(=O)N(CCc1ccccn1)CC(=O)N[C@@H](C)C(C)C)N(CCc1ccc(F)cc1)C(=O)CNCCc1ccc(F)cc1. The van der Waals surface area contributed by atoms with Gasteiger partial charge in [-0.1, -0.05) is 56.8 Å². The van der Waals surface area contributed by atoms with E-state index in [1.165, 1.54) is 40.1 Å². The van der Waals surface area contributed by atoms with Crippen LogP contribution in [-0.4, -0.2) is 89.9 Å². The van der Waals surface area contributed by atoms with Crippen molar-refractivity contribution in [2.75, 3.05) is 39.3 Å². The molecule has 0 aliphatic rings. The van der Waals surface area contributed by atoms with Crippen molar-refractivity contribution in [3.05, 3.63) is 114 Å². The fourth-order valence-corrected chi connectivity index (χ4v) is 5.15. The number of nitrogens with zero attached hydrogens (tertiary/aromatic N) is 3. The van der Waals surface area contributed by atoms with Gasteiger partial charge in [0.05, 0.1) is 19.5 Å². The average Bonchev–Trinajstić information content (AvgIpc) is 3.12. The fraction of sp³-hybridized carbons (Fsp3) is 0.410. The first-order chi connectivity index (χ1) is 24.5. The summed E-state index contributed by atoms with van der Waals surface area (Å²) >= 11 is 0. The number of aromatic nitrogens is 1. The number of amides is 3. The number of carbonyl (C=O) groups excluding carboxylic acids is 4. The lowest BCUT2D eigenvalue weighted by molar-refractivity contribution is -0.153. The molecule has 51 heavy (non-hydrogen) atoms. The van der Waals surface area contributed by atoms with Crippen molar-refractivity contribution in [3.63, 3.8) is 0 Å². The van der Waals surface area contributed by atoms with E-state index >= 15 is 0 Å². The van der Waals surface area contributed by atoms with Crippen LogP contribution >= 0.6 is 0 Å². The Morgan fingerprint density at radius 2 is 1.53 bits per heavy atom. The Morgan fingerprint density at radius 3 is 2.12 bits per heavy atom. The molecule has 3 amide bonds. The van der Waals surface area contributed by atoms with Gasteiger partial charge in [0.25, 0.3) is 0 Å². The lowest BCUT2D eigenvalue weighted by Crippen LogP contribution is -2.56. The molecule has 10 nitrogen and oxygen atoms in total. The van der Waals surface area contributed by atoms with Crippen LogP contribution in [0.4, 0.5) is 8.78 Å².